The average molecular weight is 310 g/mol. The summed E-state index contributed by atoms with van der Waals surface area (Å²) >= 11 is 0. The van der Waals surface area contributed by atoms with Crippen molar-refractivity contribution in [1.82, 2.24) is 0 Å². The molecule has 2 aromatic carbocycles. The summed E-state index contributed by atoms with van der Waals surface area (Å²) in [7, 11) is 0. The van der Waals surface area contributed by atoms with Crippen LogP contribution in [0.4, 0.5) is 0 Å². The molecular formula is C20H22O3. The van der Waals surface area contributed by atoms with Gasteiger partial charge in [-0.2, -0.15) is 0 Å². The van der Waals surface area contributed by atoms with Crippen molar-refractivity contribution >= 4 is 11.9 Å². The molecule has 2 rings (SSSR count). The minimum Gasteiger partial charge on any atom is -0.386 e. The molecule has 0 atom stereocenters. The predicted octanol–water partition coefficient (Wildman–Crippen LogP) is 4.43. The molecule has 0 bridgehead atoms. The number of rotatable bonds is 4. The third-order valence-corrected chi connectivity index (χ3v) is 4.10. The van der Waals surface area contributed by atoms with Gasteiger partial charge in [-0.1, -0.05) is 26.0 Å². The van der Waals surface area contributed by atoms with Crippen LogP contribution in [0.5, 0.6) is 0 Å². The molecule has 0 spiro atoms. The standard InChI is InChI=1S/C20H22O3/c1-5-15-7-9-17(11-13(15)3)19(21)23-20(22)18-10-8-16(6-2)14(4)12-18/h7-12H,5-6H2,1-4H3. The van der Waals surface area contributed by atoms with E-state index in [0.29, 0.717) is 11.1 Å². The van der Waals surface area contributed by atoms with Crippen LogP contribution in [-0.4, -0.2) is 11.9 Å². The van der Waals surface area contributed by atoms with Gasteiger partial charge in [0.15, 0.2) is 0 Å². The van der Waals surface area contributed by atoms with Crippen LogP contribution in [0.25, 0.3) is 0 Å². The van der Waals surface area contributed by atoms with Crippen molar-refractivity contribution in [3.05, 3.63) is 69.8 Å². The van der Waals surface area contributed by atoms with Gasteiger partial charge in [-0.3, -0.25) is 0 Å². The van der Waals surface area contributed by atoms with Crippen molar-refractivity contribution < 1.29 is 14.3 Å². The lowest BCUT2D eigenvalue weighted by Crippen LogP contribution is -2.13. The Morgan fingerprint density at radius 3 is 1.48 bits per heavy atom. The Kier molecular flexibility index (Phi) is 5.32. The van der Waals surface area contributed by atoms with Crippen LogP contribution in [0, 0.1) is 13.8 Å². The summed E-state index contributed by atoms with van der Waals surface area (Å²) < 4.78 is 5.00. The first-order valence-corrected chi connectivity index (χ1v) is 7.91. The van der Waals surface area contributed by atoms with Crippen molar-refractivity contribution in [3.8, 4) is 0 Å². The molecule has 0 unspecified atom stereocenters. The van der Waals surface area contributed by atoms with Crippen molar-refractivity contribution in [3.63, 3.8) is 0 Å². The van der Waals surface area contributed by atoms with Crippen LogP contribution in [0.2, 0.25) is 0 Å². The van der Waals surface area contributed by atoms with E-state index in [2.05, 4.69) is 13.8 Å². The van der Waals surface area contributed by atoms with E-state index in [0.717, 1.165) is 24.0 Å². The van der Waals surface area contributed by atoms with E-state index in [-0.39, 0.29) is 0 Å². The summed E-state index contributed by atoms with van der Waals surface area (Å²) in [5.74, 6) is -1.23. The summed E-state index contributed by atoms with van der Waals surface area (Å²) in [5, 5.41) is 0. The molecule has 0 fully saturated rings. The third-order valence-electron chi connectivity index (χ3n) is 4.10. The predicted molar refractivity (Wildman–Crippen MR) is 90.9 cm³/mol. The van der Waals surface area contributed by atoms with Crippen LogP contribution in [0.1, 0.15) is 56.8 Å². The molecule has 0 aliphatic carbocycles. The molecular weight excluding hydrogens is 288 g/mol. The number of esters is 2. The maximum atomic E-state index is 12.1. The van der Waals surface area contributed by atoms with Gasteiger partial charge in [-0.05, 0) is 73.2 Å². The molecule has 0 saturated heterocycles. The molecule has 0 amide bonds. The van der Waals surface area contributed by atoms with E-state index in [1.165, 1.54) is 11.1 Å². The molecule has 0 aliphatic rings. The molecule has 23 heavy (non-hydrogen) atoms. The first kappa shape index (κ1) is 16.9. The van der Waals surface area contributed by atoms with Crippen LogP contribution < -0.4 is 0 Å². The normalized spacial score (nSPS) is 10.4. The van der Waals surface area contributed by atoms with Crippen LogP contribution >= 0.6 is 0 Å². The lowest BCUT2D eigenvalue weighted by molar-refractivity contribution is 0.0397. The van der Waals surface area contributed by atoms with E-state index in [4.69, 9.17) is 4.74 Å². The quantitative estimate of drug-likeness (QED) is 0.620. The Labute approximate surface area is 137 Å². The summed E-state index contributed by atoms with van der Waals surface area (Å²) in [6, 6.07) is 10.7. The smallest absolute Gasteiger partial charge is 0.346 e. The van der Waals surface area contributed by atoms with Crippen LogP contribution in [0.3, 0.4) is 0 Å². The molecule has 120 valence electrons. The second kappa shape index (κ2) is 7.23. The lowest BCUT2D eigenvalue weighted by Gasteiger charge is -2.08. The first-order valence-electron chi connectivity index (χ1n) is 7.91. The number of hydrogen-bond donors (Lipinski definition) is 0. The molecule has 0 heterocycles. The van der Waals surface area contributed by atoms with Gasteiger partial charge in [0, 0.05) is 0 Å². The van der Waals surface area contributed by atoms with Gasteiger partial charge in [0.05, 0.1) is 11.1 Å². The van der Waals surface area contributed by atoms with E-state index in [9.17, 15) is 9.59 Å². The van der Waals surface area contributed by atoms with Gasteiger partial charge < -0.3 is 4.74 Å². The van der Waals surface area contributed by atoms with E-state index < -0.39 is 11.9 Å². The van der Waals surface area contributed by atoms with Crippen molar-refractivity contribution in [1.29, 1.82) is 0 Å². The highest BCUT2D eigenvalue weighted by Gasteiger charge is 2.16. The van der Waals surface area contributed by atoms with Gasteiger partial charge in [-0.15, -0.1) is 0 Å². The van der Waals surface area contributed by atoms with Crippen molar-refractivity contribution in [2.24, 2.45) is 0 Å². The fraction of sp³-hybridized carbons (Fsp3) is 0.300. The highest BCUT2D eigenvalue weighted by atomic mass is 16.6. The van der Waals surface area contributed by atoms with E-state index in [1.54, 1.807) is 24.3 Å². The molecule has 3 heteroatoms. The minimum absolute atomic E-state index is 0.398. The Bertz CT molecular complexity index is 681. The fourth-order valence-corrected chi connectivity index (χ4v) is 2.64. The molecule has 0 radical (unpaired) electrons. The van der Waals surface area contributed by atoms with Crippen molar-refractivity contribution in [2.75, 3.05) is 0 Å². The Balaban J connectivity index is 2.15. The SMILES string of the molecule is CCc1ccc(C(=O)OC(=O)c2ccc(CC)c(C)c2)cc1C. The highest BCUT2D eigenvalue weighted by Crippen LogP contribution is 2.15. The Morgan fingerprint density at radius 2 is 1.17 bits per heavy atom. The summed E-state index contributed by atoms with van der Waals surface area (Å²) in [5.41, 5.74) is 5.21. The van der Waals surface area contributed by atoms with E-state index >= 15 is 0 Å². The second-order valence-corrected chi connectivity index (χ2v) is 5.67. The van der Waals surface area contributed by atoms with Crippen LogP contribution in [-0.2, 0) is 17.6 Å². The number of carbonyl (C=O) groups excluding carboxylic acids is 2. The number of carbonyl (C=O) groups is 2. The molecule has 2 aromatic rings. The highest BCUT2D eigenvalue weighted by molar-refractivity contribution is 6.02. The van der Waals surface area contributed by atoms with Crippen LogP contribution in [0.15, 0.2) is 36.4 Å². The third kappa shape index (κ3) is 3.86. The summed E-state index contributed by atoms with van der Waals surface area (Å²) in [4.78, 5) is 24.3. The van der Waals surface area contributed by atoms with Gasteiger partial charge in [0.1, 0.15) is 0 Å². The maximum absolute atomic E-state index is 12.1. The average Bonchev–Trinajstić information content (AvgIpc) is 2.54. The lowest BCUT2D eigenvalue weighted by atomic mass is 10.0. The summed E-state index contributed by atoms with van der Waals surface area (Å²) in [6.07, 6.45) is 1.81. The number of aryl methyl sites for hydroxylation is 4. The molecule has 0 N–H and O–H groups in total. The number of benzene rings is 2. The first-order chi connectivity index (χ1) is 11.0. The number of ether oxygens (including phenoxy) is 1. The zero-order valence-electron chi connectivity index (χ0n) is 14.1. The van der Waals surface area contributed by atoms with Gasteiger partial charge in [0.25, 0.3) is 0 Å². The maximum Gasteiger partial charge on any atom is 0.346 e. The molecule has 0 aliphatic heterocycles. The Hall–Kier alpha value is -2.42. The van der Waals surface area contributed by atoms with Gasteiger partial charge >= 0.3 is 11.9 Å². The fourth-order valence-electron chi connectivity index (χ4n) is 2.64. The molecule has 0 aromatic heterocycles. The number of hydrogen-bond acceptors (Lipinski definition) is 3. The zero-order chi connectivity index (χ0) is 17.0. The second-order valence-electron chi connectivity index (χ2n) is 5.67. The molecule has 0 saturated carbocycles. The Morgan fingerprint density at radius 1 is 0.783 bits per heavy atom. The van der Waals surface area contributed by atoms with E-state index in [1.807, 2.05) is 26.0 Å². The minimum atomic E-state index is -0.613. The monoisotopic (exact) mass is 310 g/mol. The van der Waals surface area contributed by atoms with Gasteiger partial charge in [-0.25, -0.2) is 9.59 Å². The topological polar surface area (TPSA) is 43.4 Å². The van der Waals surface area contributed by atoms with Gasteiger partial charge in [0.2, 0.25) is 0 Å². The van der Waals surface area contributed by atoms with Crippen molar-refractivity contribution in [2.45, 2.75) is 40.5 Å². The largest absolute Gasteiger partial charge is 0.386 e. The molecule has 3 nitrogen and oxygen atoms in total. The summed E-state index contributed by atoms with van der Waals surface area (Å²) in [6.45, 7) is 8.02. The zero-order valence-corrected chi connectivity index (χ0v) is 14.1.